The average Bonchev–Trinajstić information content (AvgIpc) is 2.84. The second-order valence-electron chi connectivity index (χ2n) is 9.39. The third kappa shape index (κ3) is 1.87. The molecule has 4 aliphatic rings. The van der Waals surface area contributed by atoms with E-state index in [1.807, 2.05) is 0 Å². The molecular weight excluding hydrogens is 270 g/mol. The zero-order chi connectivity index (χ0) is 15.5. The van der Waals surface area contributed by atoms with Gasteiger partial charge in [-0.2, -0.15) is 5.26 Å². The Morgan fingerprint density at radius 1 is 0.909 bits per heavy atom. The van der Waals surface area contributed by atoms with Crippen molar-refractivity contribution in [3.8, 4) is 6.07 Å². The van der Waals surface area contributed by atoms with Crippen LogP contribution in [0.3, 0.4) is 0 Å². The number of nitrogens with zero attached hydrogens (tertiary/aromatic N) is 1. The van der Waals surface area contributed by atoms with E-state index in [0.29, 0.717) is 16.7 Å². The van der Waals surface area contributed by atoms with Crippen molar-refractivity contribution in [3.63, 3.8) is 0 Å². The molecule has 8 atom stereocenters. The molecule has 4 aliphatic carbocycles. The fraction of sp³-hybridized carbons (Fsp3) is 0.950. The fourth-order valence-corrected chi connectivity index (χ4v) is 7.45. The van der Waals surface area contributed by atoms with Crippen LogP contribution in [-0.2, 0) is 0 Å². The van der Waals surface area contributed by atoms with Gasteiger partial charge < -0.3 is 5.11 Å². The van der Waals surface area contributed by atoms with E-state index in [0.717, 1.165) is 42.9 Å². The molecule has 0 aromatic carbocycles. The van der Waals surface area contributed by atoms with Crippen LogP contribution < -0.4 is 0 Å². The molecule has 0 spiro atoms. The molecule has 22 heavy (non-hydrogen) atoms. The van der Waals surface area contributed by atoms with Crippen molar-refractivity contribution in [3.05, 3.63) is 0 Å². The first-order chi connectivity index (χ1) is 10.5. The van der Waals surface area contributed by atoms with Crippen molar-refractivity contribution < 1.29 is 5.11 Å². The fourth-order valence-electron chi connectivity index (χ4n) is 7.45. The van der Waals surface area contributed by atoms with Gasteiger partial charge in [-0.25, -0.2) is 0 Å². The van der Waals surface area contributed by atoms with Gasteiger partial charge in [-0.3, -0.25) is 0 Å². The van der Waals surface area contributed by atoms with Gasteiger partial charge in [0.05, 0.1) is 18.1 Å². The third-order valence-electron chi connectivity index (χ3n) is 8.79. The minimum absolute atomic E-state index is 0.0436. The quantitative estimate of drug-likeness (QED) is 0.714. The van der Waals surface area contributed by atoms with Gasteiger partial charge in [0.25, 0.3) is 0 Å². The first-order valence-corrected chi connectivity index (χ1v) is 9.56. The predicted octanol–water partition coefficient (Wildman–Crippen LogP) is 4.53. The second kappa shape index (κ2) is 4.97. The van der Waals surface area contributed by atoms with Crippen LogP contribution in [0.2, 0.25) is 0 Å². The van der Waals surface area contributed by atoms with Gasteiger partial charge in [0, 0.05) is 0 Å². The Kier molecular flexibility index (Phi) is 3.39. The molecule has 4 rings (SSSR count). The number of nitriles is 1. The number of aliphatic hydroxyl groups is 1. The standard InChI is InChI=1S/C20H31NO/c1-19-9-7-15(22)11-13(19)3-5-16-17-6-4-14(12-21)20(17,2)10-8-18(16)19/h13-18,22H,3-11H2,1-2H3/t13-,14+,15+,16+,17+,18+,19-,20+/m1/s1. The van der Waals surface area contributed by atoms with Crippen LogP contribution in [0.5, 0.6) is 0 Å². The lowest BCUT2D eigenvalue weighted by Crippen LogP contribution is -2.53. The van der Waals surface area contributed by atoms with Crippen molar-refractivity contribution >= 4 is 0 Å². The van der Waals surface area contributed by atoms with E-state index in [4.69, 9.17) is 0 Å². The number of aliphatic hydroxyl groups excluding tert-OH is 1. The molecule has 4 fully saturated rings. The van der Waals surface area contributed by atoms with Gasteiger partial charge in [-0.1, -0.05) is 13.8 Å². The number of rotatable bonds is 0. The monoisotopic (exact) mass is 301 g/mol. The summed E-state index contributed by atoms with van der Waals surface area (Å²) < 4.78 is 0. The molecule has 2 heteroatoms. The van der Waals surface area contributed by atoms with E-state index < -0.39 is 0 Å². The Bertz CT molecular complexity index is 496. The molecule has 0 heterocycles. The summed E-state index contributed by atoms with van der Waals surface area (Å²) in [6.07, 6.45) is 10.9. The maximum Gasteiger partial charge on any atom is 0.0661 e. The molecule has 0 saturated heterocycles. The van der Waals surface area contributed by atoms with Crippen molar-refractivity contribution in [1.82, 2.24) is 0 Å². The minimum Gasteiger partial charge on any atom is -0.393 e. The average molecular weight is 301 g/mol. The SMILES string of the molecule is C[C@@]12CC[C@H]3[C@@H](CC[C@@H]4C[C@@H](O)CC[C@]43C)[C@@H]1CC[C@H]2C#N. The van der Waals surface area contributed by atoms with E-state index in [-0.39, 0.29) is 6.10 Å². The smallest absolute Gasteiger partial charge is 0.0661 e. The Balaban J connectivity index is 1.62. The first-order valence-electron chi connectivity index (χ1n) is 9.56. The lowest BCUT2D eigenvalue weighted by atomic mass is 9.45. The highest BCUT2D eigenvalue weighted by atomic mass is 16.3. The lowest BCUT2D eigenvalue weighted by Gasteiger charge is -2.60. The molecule has 2 nitrogen and oxygen atoms in total. The van der Waals surface area contributed by atoms with Gasteiger partial charge in [0.15, 0.2) is 0 Å². The predicted molar refractivity (Wildman–Crippen MR) is 86.8 cm³/mol. The molecule has 0 aromatic heterocycles. The van der Waals surface area contributed by atoms with E-state index >= 15 is 0 Å². The van der Waals surface area contributed by atoms with E-state index in [1.54, 1.807) is 0 Å². The molecule has 0 amide bonds. The third-order valence-corrected chi connectivity index (χ3v) is 8.79. The van der Waals surface area contributed by atoms with Gasteiger partial charge in [0.2, 0.25) is 0 Å². The minimum atomic E-state index is -0.0436. The van der Waals surface area contributed by atoms with Gasteiger partial charge in [-0.05, 0) is 92.3 Å². The molecule has 0 unspecified atom stereocenters. The van der Waals surface area contributed by atoms with E-state index in [9.17, 15) is 10.4 Å². The Labute approximate surface area is 135 Å². The molecule has 0 radical (unpaired) electrons. The summed E-state index contributed by atoms with van der Waals surface area (Å²) >= 11 is 0. The molecule has 1 N–H and O–H groups in total. The maximum absolute atomic E-state index is 10.1. The van der Waals surface area contributed by atoms with Crippen molar-refractivity contribution in [2.24, 2.45) is 40.4 Å². The highest BCUT2D eigenvalue weighted by molar-refractivity contribution is 5.12. The van der Waals surface area contributed by atoms with Gasteiger partial charge in [0.1, 0.15) is 0 Å². The Morgan fingerprint density at radius 2 is 1.64 bits per heavy atom. The molecule has 0 aromatic rings. The molecule has 122 valence electrons. The highest BCUT2D eigenvalue weighted by Gasteiger charge is 2.60. The van der Waals surface area contributed by atoms with Crippen LogP contribution in [0, 0.1) is 51.8 Å². The molecule has 0 aliphatic heterocycles. The molecular formula is C20H31NO. The summed E-state index contributed by atoms with van der Waals surface area (Å²) in [5.74, 6) is 3.55. The lowest BCUT2D eigenvalue weighted by molar-refractivity contribution is -0.124. The second-order valence-corrected chi connectivity index (χ2v) is 9.39. The zero-order valence-electron chi connectivity index (χ0n) is 14.2. The van der Waals surface area contributed by atoms with Crippen LogP contribution >= 0.6 is 0 Å². The number of fused-ring (bicyclic) bond motifs is 5. The normalized spacial score (nSPS) is 57.4. The van der Waals surface area contributed by atoms with E-state index in [1.165, 1.54) is 38.5 Å². The number of hydrogen-bond donors (Lipinski definition) is 1. The van der Waals surface area contributed by atoms with Crippen molar-refractivity contribution in [2.75, 3.05) is 0 Å². The highest BCUT2D eigenvalue weighted by Crippen LogP contribution is 2.67. The maximum atomic E-state index is 10.1. The summed E-state index contributed by atoms with van der Waals surface area (Å²) in [5.41, 5.74) is 0.765. The summed E-state index contributed by atoms with van der Waals surface area (Å²) in [6.45, 7) is 4.97. The van der Waals surface area contributed by atoms with Gasteiger partial charge in [-0.15, -0.1) is 0 Å². The van der Waals surface area contributed by atoms with Crippen LogP contribution in [0.4, 0.5) is 0 Å². The van der Waals surface area contributed by atoms with Crippen LogP contribution in [-0.4, -0.2) is 11.2 Å². The summed E-state index contributed by atoms with van der Waals surface area (Å²) in [5, 5.41) is 19.6. The molecule has 0 bridgehead atoms. The van der Waals surface area contributed by atoms with Crippen LogP contribution in [0.1, 0.15) is 71.6 Å². The Hall–Kier alpha value is -0.550. The summed E-state index contributed by atoms with van der Waals surface area (Å²) in [6, 6.07) is 2.64. The van der Waals surface area contributed by atoms with Crippen LogP contribution in [0.15, 0.2) is 0 Å². The van der Waals surface area contributed by atoms with Crippen molar-refractivity contribution in [1.29, 1.82) is 5.26 Å². The summed E-state index contributed by atoms with van der Waals surface area (Å²) in [4.78, 5) is 0. The Morgan fingerprint density at radius 3 is 2.41 bits per heavy atom. The number of hydrogen-bond acceptors (Lipinski definition) is 2. The van der Waals surface area contributed by atoms with Gasteiger partial charge >= 0.3 is 0 Å². The van der Waals surface area contributed by atoms with Crippen molar-refractivity contribution in [2.45, 2.75) is 77.7 Å². The van der Waals surface area contributed by atoms with Crippen LogP contribution in [0.25, 0.3) is 0 Å². The first kappa shape index (κ1) is 15.0. The summed E-state index contributed by atoms with van der Waals surface area (Å²) in [7, 11) is 0. The topological polar surface area (TPSA) is 44.0 Å². The molecule has 4 saturated carbocycles. The largest absolute Gasteiger partial charge is 0.393 e. The zero-order valence-corrected chi connectivity index (χ0v) is 14.2. The van der Waals surface area contributed by atoms with E-state index in [2.05, 4.69) is 19.9 Å².